The second kappa shape index (κ2) is 8.71. The number of rotatable bonds is 4. The van der Waals surface area contributed by atoms with Crippen molar-refractivity contribution >= 4 is 17.5 Å². The van der Waals surface area contributed by atoms with Crippen molar-refractivity contribution in [3.63, 3.8) is 0 Å². The van der Waals surface area contributed by atoms with E-state index in [1.165, 1.54) is 11.9 Å². The molecule has 0 saturated carbocycles. The summed E-state index contributed by atoms with van der Waals surface area (Å²) in [4.78, 5) is 26.1. The van der Waals surface area contributed by atoms with Crippen molar-refractivity contribution in [2.75, 3.05) is 31.1 Å². The molecule has 0 radical (unpaired) electrons. The summed E-state index contributed by atoms with van der Waals surface area (Å²) in [7, 11) is 0. The lowest BCUT2D eigenvalue weighted by Crippen LogP contribution is -2.49. The predicted octanol–water partition coefficient (Wildman–Crippen LogP) is 2.86. The molecule has 8 heteroatoms. The summed E-state index contributed by atoms with van der Waals surface area (Å²) < 4.78 is 1.81. The number of carbonyl (C=O) groups is 1. The molecule has 0 spiro atoms. The molecule has 164 valence electrons. The smallest absolute Gasteiger partial charge is 0.254 e. The number of aromatic nitrogens is 4. The molecule has 33 heavy (non-hydrogen) atoms. The van der Waals surface area contributed by atoms with Crippen LogP contribution in [0.15, 0.2) is 60.9 Å². The first-order chi connectivity index (χ1) is 16.1. The van der Waals surface area contributed by atoms with E-state index in [-0.39, 0.29) is 5.91 Å². The third-order valence-corrected chi connectivity index (χ3v) is 6.06. The highest BCUT2D eigenvalue weighted by Gasteiger charge is 2.26. The van der Waals surface area contributed by atoms with Gasteiger partial charge in [0.1, 0.15) is 12.1 Å². The molecule has 1 aliphatic rings. The van der Waals surface area contributed by atoms with Crippen molar-refractivity contribution in [1.29, 1.82) is 5.26 Å². The van der Waals surface area contributed by atoms with Gasteiger partial charge in [-0.3, -0.25) is 4.79 Å². The monoisotopic (exact) mass is 437 g/mol. The van der Waals surface area contributed by atoms with Gasteiger partial charge in [0.15, 0.2) is 0 Å². The Hall–Kier alpha value is -4.25. The normalized spacial score (nSPS) is 13.8. The Bertz CT molecular complexity index is 1330. The third-order valence-electron chi connectivity index (χ3n) is 6.06. The zero-order valence-corrected chi connectivity index (χ0v) is 18.3. The SMILES string of the molecule is Cc1nc2ncnn2c(N2CCN(C(=O)c3ccc(C#N)cc3)CC2)c1Cc1ccccc1. The second-order valence-electron chi connectivity index (χ2n) is 8.10. The average Bonchev–Trinajstić information content (AvgIpc) is 3.33. The number of nitriles is 1. The summed E-state index contributed by atoms with van der Waals surface area (Å²) in [6, 6.07) is 19.2. The number of piperazine rings is 1. The molecule has 0 atom stereocenters. The molecule has 5 rings (SSSR count). The fraction of sp³-hybridized carbons (Fsp3) is 0.240. The number of fused-ring (bicyclic) bond motifs is 1. The number of nitrogens with zero attached hydrogens (tertiary/aromatic N) is 7. The largest absolute Gasteiger partial charge is 0.353 e. The van der Waals surface area contributed by atoms with Crippen LogP contribution in [0.3, 0.4) is 0 Å². The van der Waals surface area contributed by atoms with Crippen LogP contribution in [0.2, 0.25) is 0 Å². The number of carbonyl (C=O) groups excluding carboxylic acids is 1. The fourth-order valence-electron chi connectivity index (χ4n) is 4.29. The number of aryl methyl sites for hydroxylation is 1. The van der Waals surface area contributed by atoms with Crippen LogP contribution in [0.5, 0.6) is 0 Å². The Labute approximate surface area is 191 Å². The Balaban J connectivity index is 1.41. The average molecular weight is 438 g/mol. The van der Waals surface area contributed by atoms with Crippen molar-refractivity contribution in [3.8, 4) is 6.07 Å². The molecular formula is C25H23N7O. The van der Waals surface area contributed by atoms with E-state index in [0.29, 0.717) is 43.1 Å². The van der Waals surface area contributed by atoms with Crippen LogP contribution in [0.25, 0.3) is 5.78 Å². The Morgan fingerprint density at radius 1 is 1.03 bits per heavy atom. The lowest BCUT2D eigenvalue weighted by molar-refractivity contribution is 0.0746. The summed E-state index contributed by atoms with van der Waals surface area (Å²) >= 11 is 0. The third kappa shape index (κ3) is 4.01. The van der Waals surface area contributed by atoms with Gasteiger partial charge in [0.2, 0.25) is 0 Å². The van der Waals surface area contributed by atoms with Crippen molar-refractivity contribution in [2.45, 2.75) is 13.3 Å². The zero-order chi connectivity index (χ0) is 22.8. The first-order valence-electron chi connectivity index (χ1n) is 10.9. The van der Waals surface area contributed by atoms with Gasteiger partial charge >= 0.3 is 0 Å². The van der Waals surface area contributed by atoms with E-state index >= 15 is 0 Å². The Kier molecular flexibility index (Phi) is 5.45. The van der Waals surface area contributed by atoms with E-state index in [1.807, 2.05) is 34.5 Å². The van der Waals surface area contributed by atoms with Gasteiger partial charge in [0.05, 0.1) is 11.6 Å². The number of amides is 1. The summed E-state index contributed by atoms with van der Waals surface area (Å²) in [5, 5.41) is 13.4. The van der Waals surface area contributed by atoms with E-state index in [9.17, 15) is 4.79 Å². The minimum absolute atomic E-state index is 0.0135. The first kappa shape index (κ1) is 20.6. The maximum atomic E-state index is 13.0. The van der Waals surface area contributed by atoms with Crippen LogP contribution in [-0.2, 0) is 6.42 Å². The summed E-state index contributed by atoms with van der Waals surface area (Å²) in [6.45, 7) is 4.58. The van der Waals surface area contributed by atoms with E-state index in [4.69, 9.17) is 5.26 Å². The minimum Gasteiger partial charge on any atom is -0.353 e. The fourth-order valence-corrected chi connectivity index (χ4v) is 4.29. The molecule has 3 heterocycles. The van der Waals surface area contributed by atoms with Gasteiger partial charge in [-0.25, -0.2) is 4.98 Å². The molecule has 8 nitrogen and oxygen atoms in total. The highest BCUT2D eigenvalue weighted by molar-refractivity contribution is 5.94. The van der Waals surface area contributed by atoms with Gasteiger partial charge in [0, 0.05) is 49.4 Å². The van der Waals surface area contributed by atoms with E-state index in [1.54, 1.807) is 24.3 Å². The van der Waals surface area contributed by atoms with Crippen molar-refractivity contribution in [1.82, 2.24) is 24.5 Å². The molecule has 0 unspecified atom stereocenters. The quantitative estimate of drug-likeness (QED) is 0.488. The van der Waals surface area contributed by atoms with Crippen LogP contribution < -0.4 is 4.90 Å². The van der Waals surface area contributed by atoms with Crippen LogP contribution in [-0.4, -0.2) is 56.6 Å². The predicted molar refractivity (Wildman–Crippen MR) is 124 cm³/mol. The minimum atomic E-state index is -0.0135. The van der Waals surface area contributed by atoms with Gasteiger partial charge in [-0.15, -0.1) is 0 Å². The first-order valence-corrected chi connectivity index (χ1v) is 10.9. The van der Waals surface area contributed by atoms with Crippen LogP contribution in [0.1, 0.15) is 32.7 Å². The standard InChI is InChI=1S/C25H23N7O/c1-18-22(15-19-5-3-2-4-6-19)23(32-25(29-18)27-17-28-32)30-11-13-31(14-12-30)24(33)21-9-7-20(16-26)8-10-21/h2-10,17H,11-15H2,1H3. The summed E-state index contributed by atoms with van der Waals surface area (Å²) in [6.07, 6.45) is 2.28. The maximum absolute atomic E-state index is 13.0. The molecule has 1 fully saturated rings. The molecular weight excluding hydrogens is 414 g/mol. The Morgan fingerprint density at radius 3 is 2.45 bits per heavy atom. The molecule has 2 aromatic heterocycles. The van der Waals surface area contributed by atoms with Crippen molar-refractivity contribution in [2.24, 2.45) is 0 Å². The van der Waals surface area contributed by atoms with Crippen molar-refractivity contribution in [3.05, 3.63) is 88.9 Å². The lowest BCUT2D eigenvalue weighted by Gasteiger charge is -2.37. The van der Waals surface area contributed by atoms with Crippen LogP contribution in [0.4, 0.5) is 5.82 Å². The van der Waals surface area contributed by atoms with E-state index in [2.05, 4.69) is 38.2 Å². The number of hydrogen-bond donors (Lipinski definition) is 0. The molecule has 1 saturated heterocycles. The zero-order valence-electron chi connectivity index (χ0n) is 18.3. The van der Waals surface area contributed by atoms with Crippen molar-refractivity contribution < 1.29 is 4.79 Å². The molecule has 0 aliphatic carbocycles. The molecule has 0 N–H and O–H groups in total. The van der Waals surface area contributed by atoms with Gasteiger partial charge in [0.25, 0.3) is 11.7 Å². The molecule has 2 aromatic carbocycles. The number of hydrogen-bond acceptors (Lipinski definition) is 6. The van der Waals surface area contributed by atoms with Gasteiger partial charge < -0.3 is 9.80 Å². The molecule has 1 aliphatic heterocycles. The highest BCUT2D eigenvalue weighted by atomic mass is 16.2. The van der Waals surface area contributed by atoms with Crippen LogP contribution >= 0.6 is 0 Å². The molecule has 0 bridgehead atoms. The molecule has 4 aromatic rings. The van der Waals surface area contributed by atoms with Crippen LogP contribution in [0, 0.1) is 18.3 Å². The summed E-state index contributed by atoms with van der Waals surface area (Å²) in [5.74, 6) is 1.56. The van der Waals surface area contributed by atoms with E-state index in [0.717, 1.165) is 23.5 Å². The van der Waals surface area contributed by atoms with Gasteiger partial charge in [-0.1, -0.05) is 30.3 Å². The second-order valence-corrected chi connectivity index (χ2v) is 8.10. The maximum Gasteiger partial charge on any atom is 0.254 e. The lowest BCUT2D eigenvalue weighted by atomic mass is 10.0. The number of benzene rings is 2. The van der Waals surface area contributed by atoms with Gasteiger partial charge in [-0.05, 0) is 36.8 Å². The van der Waals surface area contributed by atoms with E-state index < -0.39 is 0 Å². The highest BCUT2D eigenvalue weighted by Crippen LogP contribution is 2.27. The molecule has 1 amide bonds. The summed E-state index contributed by atoms with van der Waals surface area (Å²) in [5.41, 5.74) is 4.41. The number of anilines is 1. The Morgan fingerprint density at radius 2 is 1.76 bits per heavy atom. The van der Waals surface area contributed by atoms with Gasteiger partial charge in [-0.2, -0.15) is 19.9 Å². The topological polar surface area (TPSA) is 90.4 Å².